The lowest BCUT2D eigenvalue weighted by Gasteiger charge is -2.00. The molecule has 0 spiro atoms. The maximum atomic E-state index is 11.7. The third-order valence-electron chi connectivity index (χ3n) is 2.25. The van der Waals surface area contributed by atoms with Gasteiger partial charge in [0.2, 0.25) is 5.91 Å². The van der Waals surface area contributed by atoms with Gasteiger partial charge in [-0.3, -0.25) is 10.1 Å². The first-order valence-corrected chi connectivity index (χ1v) is 7.05. The number of rotatable bonds is 3. The highest BCUT2D eigenvalue weighted by Crippen LogP contribution is 2.25. The van der Waals surface area contributed by atoms with Crippen molar-refractivity contribution in [3.8, 4) is 0 Å². The summed E-state index contributed by atoms with van der Waals surface area (Å²) in [6.45, 7) is 1.87. The van der Waals surface area contributed by atoms with Crippen LogP contribution in [0.1, 0.15) is 11.3 Å². The van der Waals surface area contributed by atoms with E-state index >= 15 is 0 Å². The quantitative estimate of drug-likeness (QED) is 0.853. The Morgan fingerprint density at radius 1 is 1.37 bits per heavy atom. The summed E-state index contributed by atoms with van der Waals surface area (Å²) in [6, 6.07) is 5.19. The molecule has 0 fully saturated rings. The zero-order valence-electron chi connectivity index (χ0n) is 9.98. The van der Waals surface area contributed by atoms with Crippen molar-refractivity contribution in [3.63, 3.8) is 0 Å². The van der Waals surface area contributed by atoms with Crippen molar-refractivity contribution in [2.24, 2.45) is 0 Å². The highest BCUT2D eigenvalue weighted by Gasteiger charge is 2.04. The van der Waals surface area contributed by atoms with E-state index in [1.165, 1.54) is 17.4 Å². The largest absolute Gasteiger partial charge is 0.298 e. The van der Waals surface area contributed by atoms with Crippen molar-refractivity contribution >= 4 is 51.7 Å². The second-order valence-electron chi connectivity index (χ2n) is 3.75. The van der Waals surface area contributed by atoms with E-state index in [0.717, 1.165) is 5.69 Å². The van der Waals surface area contributed by atoms with Crippen LogP contribution in [0.25, 0.3) is 6.08 Å². The van der Waals surface area contributed by atoms with Crippen molar-refractivity contribution in [1.29, 1.82) is 0 Å². The average molecular weight is 313 g/mol. The summed E-state index contributed by atoms with van der Waals surface area (Å²) in [7, 11) is 0. The van der Waals surface area contributed by atoms with Gasteiger partial charge in [0.15, 0.2) is 5.13 Å². The third-order valence-corrected chi connectivity index (χ3v) is 3.78. The minimum absolute atomic E-state index is 0.273. The molecule has 0 saturated carbocycles. The minimum Gasteiger partial charge on any atom is -0.298 e. The van der Waals surface area contributed by atoms with Crippen LogP contribution < -0.4 is 5.32 Å². The highest BCUT2D eigenvalue weighted by atomic mass is 35.5. The molecule has 1 heterocycles. The number of aromatic nitrogens is 1. The van der Waals surface area contributed by atoms with Crippen LogP contribution in [0.3, 0.4) is 0 Å². The van der Waals surface area contributed by atoms with E-state index in [0.29, 0.717) is 20.7 Å². The molecule has 2 aromatic rings. The lowest BCUT2D eigenvalue weighted by atomic mass is 10.2. The molecule has 0 unspecified atom stereocenters. The number of nitrogens with one attached hydrogen (secondary N) is 1. The number of thiazole rings is 1. The molecule has 3 nitrogen and oxygen atoms in total. The summed E-state index contributed by atoms with van der Waals surface area (Å²) < 4.78 is 0. The van der Waals surface area contributed by atoms with Crippen molar-refractivity contribution in [2.75, 3.05) is 5.32 Å². The van der Waals surface area contributed by atoms with Gasteiger partial charge in [-0.05, 0) is 25.1 Å². The molecule has 6 heteroatoms. The number of halogens is 2. The zero-order valence-corrected chi connectivity index (χ0v) is 12.3. The summed E-state index contributed by atoms with van der Waals surface area (Å²) in [5.74, 6) is -0.273. The standard InChI is InChI=1S/C13H10Cl2N2OS/c1-8-7-19-13(16-8)17-12(18)6-5-9-10(14)3-2-4-11(9)15/h2-7H,1H3,(H,16,17,18)/b6-5+. The van der Waals surface area contributed by atoms with E-state index in [-0.39, 0.29) is 5.91 Å². The molecule has 0 aliphatic heterocycles. The first kappa shape index (κ1) is 14.1. The van der Waals surface area contributed by atoms with Crippen molar-refractivity contribution < 1.29 is 4.79 Å². The Kier molecular flexibility index (Phi) is 4.58. The summed E-state index contributed by atoms with van der Waals surface area (Å²) >= 11 is 13.4. The van der Waals surface area contributed by atoms with Crippen LogP contribution in [0, 0.1) is 6.92 Å². The van der Waals surface area contributed by atoms with Gasteiger partial charge in [0.05, 0.1) is 5.69 Å². The normalized spacial score (nSPS) is 10.9. The predicted octanol–water partition coefficient (Wildman–Crippen LogP) is 4.41. The molecule has 0 aliphatic carbocycles. The van der Waals surface area contributed by atoms with Gasteiger partial charge in [0.1, 0.15) is 0 Å². The number of amides is 1. The Morgan fingerprint density at radius 2 is 2.05 bits per heavy atom. The Balaban J connectivity index is 2.08. The predicted molar refractivity (Wildman–Crippen MR) is 81.0 cm³/mol. The first-order valence-electron chi connectivity index (χ1n) is 5.41. The van der Waals surface area contributed by atoms with Crippen molar-refractivity contribution in [3.05, 3.63) is 51.0 Å². The molecule has 98 valence electrons. The van der Waals surface area contributed by atoms with E-state index in [9.17, 15) is 4.79 Å². The highest BCUT2D eigenvalue weighted by molar-refractivity contribution is 7.13. The number of nitrogens with zero attached hydrogens (tertiary/aromatic N) is 1. The molecular formula is C13H10Cl2N2OS. The zero-order chi connectivity index (χ0) is 13.8. The number of benzene rings is 1. The van der Waals surface area contributed by atoms with E-state index in [2.05, 4.69) is 10.3 Å². The van der Waals surface area contributed by atoms with Crippen molar-refractivity contribution in [2.45, 2.75) is 6.92 Å². The molecule has 19 heavy (non-hydrogen) atoms. The van der Waals surface area contributed by atoms with E-state index in [1.807, 2.05) is 12.3 Å². The van der Waals surface area contributed by atoms with Gasteiger partial charge in [0.25, 0.3) is 0 Å². The molecule has 0 saturated heterocycles. The van der Waals surface area contributed by atoms with Crippen LogP contribution in [0.5, 0.6) is 0 Å². The number of hydrogen-bond acceptors (Lipinski definition) is 3. The van der Waals surface area contributed by atoms with E-state index in [4.69, 9.17) is 23.2 Å². The van der Waals surface area contributed by atoms with Gasteiger partial charge in [-0.15, -0.1) is 11.3 Å². The van der Waals surface area contributed by atoms with Crippen LogP contribution in [-0.4, -0.2) is 10.9 Å². The maximum absolute atomic E-state index is 11.7. The Hall–Kier alpha value is -1.36. The smallest absolute Gasteiger partial charge is 0.250 e. The summed E-state index contributed by atoms with van der Waals surface area (Å²) in [5, 5.41) is 6.10. The number of carbonyl (C=O) groups excluding carboxylic acids is 1. The van der Waals surface area contributed by atoms with Crippen molar-refractivity contribution in [1.82, 2.24) is 4.98 Å². The molecule has 1 N–H and O–H groups in total. The van der Waals surface area contributed by atoms with Gasteiger partial charge in [-0.2, -0.15) is 0 Å². The SMILES string of the molecule is Cc1csc(NC(=O)/C=C/c2c(Cl)cccc2Cl)n1. The number of aryl methyl sites for hydroxylation is 1. The van der Waals surface area contributed by atoms with Gasteiger partial charge in [0, 0.05) is 27.1 Å². The van der Waals surface area contributed by atoms with Crippen LogP contribution in [-0.2, 0) is 4.79 Å². The average Bonchev–Trinajstić information content (AvgIpc) is 2.74. The molecule has 0 atom stereocenters. The van der Waals surface area contributed by atoms with E-state index in [1.54, 1.807) is 24.3 Å². The monoisotopic (exact) mass is 312 g/mol. The summed E-state index contributed by atoms with van der Waals surface area (Å²) in [5.41, 5.74) is 1.50. The molecule has 1 amide bonds. The lowest BCUT2D eigenvalue weighted by Crippen LogP contribution is -2.07. The fourth-order valence-corrected chi connectivity index (χ4v) is 2.60. The van der Waals surface area contributed by atoms with Gasteiger partial charge in [-0.25, -0.2) is 4.98 Å². The number of anilines is 1. The second kappa shape index (κ2) is 6.19. The molecule has 0 aliphatic rings. The fourth-order valence-electron chi connectivity index (χ4n) is 1.39. The van der Waals surface area contributed by atoms with Crippen LogP contribution in [0.4, 0.5) is 5.13 Å². The molecular weight excluding hydrogens is 303 g/mol. The number of carbonyl (C=O) groups is 1. The van der Waals surface area contributed by atoms with Crippen LogP contribution >= 0.6 is 34.5 Å². The number of hydrogen-bond donors (Lipinski definition) is 1. The molecule has 1 aromatic carbocycles. The molecule has 0 radical (unpaired) electrons. The van der Waals surface area contributed by atoms with Crippen LogP contribution in [0.15, 0.2) is 29.7 Å². The third kappa shape index (κ3) is 3.80. The molecule has 2 rings (SSSR count). The Bertz CT molecular complexity index is 617. The summed E-state index contributed by atoms with van der Waals surface area (Å²) in [6.07, 6.45) is 2.96. The van der Waals surface area contributed by atoms with E-state index < -0.39 is 0 Å². The molecule has 0 bridgehead atoms. The van der Waals surface area contributed by atoms with Gasteiger partial charge < -0.3 is 0 Å². The molecule has 1 aromatic heterocycles. The minimum atomic E-state index is -0.273. The Labute approximate surface area is 124 Å². The fraction of sp³-hybridized carbons (Fsp3) is 0.0769. The topological polar surface area (TPSA) is 42.0 Å². The van der Waals surface area contributed by atoms with Gasteiger partial charge >= 0.3 is 0 Å². The lowest BCUT2D eigenvalue weighted by molar-refractivity contribution is -0.111. The maximum Gasteiger partial charge on any atom is 0.250 e. The van der Waals surface area contributed by atoms with Crippen LogP contribution in [0.2, 0.25) is 10.0 Å². The first-order chi connectivity index (χ1) is 9.06. The summed E-state index contributed by atoms with van der Waals surface area (Å²) in [4.78, 5) is 15.8. The second-order valence-corrected chi connectivity index (χ2v) is 5.42. The Morgan fingerprint density at radius 3 is 2.63 bits per heavy atom. The van der Waals surface area contributed by atoms with Gasteiger partial charge in [-0.1, -0.05) is 29.3 Å².